The standard InChI is InChI=1S/C17H17Cl2NO3/c1-20(2)17(21)11-5-7-15(16(8-11)22-3)23-10-12-4-6-13(18)9-14(12)19/h4-9H,10H2,1-3H3. The number of amides is 1. The smallest absolute Gasteiger partial charge is 0.253 e. The van der Waals surface area contributed by atoms with Gasteiger partial charge in [-0.2, -0.15) is 0 Å². The number of hydrogen-bond acceptors (Lipinski definition) is 3. The topological polar surface area (TPSA) is 38.8 Å². The summed E-state index contributed by atoms with van der Waals surface area (Å²) in [4.78, 5) is 13.5. The quantitative estimate of drug-likeness (QED) is 0.804. The van der Waals surface area contributed by atoms with Gasteiger partial charge in [0, 0.05) is 35.3 Å². The molecule has 0 bridgehead atoms. The molecule has 1 amide bonds. The van der Waals surface area contributed by atoms with Crippen molar-refractivity contribution in [2.75, 3.05) is 21.2 Å². The van der Waals surface area contributed by atoms with E-state index < -0.39 is 0 Å². The number of rotatable bonds is 5. The van der Waals surface area contributed by atoms with E-state index in [4.69, 9.17) is 32.7 Å². The van der Waals surface area contributed by atoms with Crippen LogP contribution in [0.25, 0.3) is 0 Å². The number of methoxy groups -OCH3 is 1. The highest BCUT2D eigenvalue weighted by molar-refractivity contribution is 6.35. The summed E-state index contributed by atoms with van der Waals surface area (Å²) in [6, 6.07) is 10.3. The minimum absolute atomic E-state index is 0.101. The molecule has 4 nitrogen and oxygen atoms in total. The molecule has 0 aliphatic carbocycles. The Morgan fingerprint density at radius 1 is 1.09 bits per heavy atom. The van der Waals surface area contributed by atoms with E-state index in [0.29, 0.717) is 27.1 Å². The molecule has 122 valence electrons. The number of benzene rings is 2. The van der Waals surface area contributed by atoms with Crippen LogP contribution >= 0.6 is 23.2 Å². The van der Waals surface area contributed by atoms with Crippen molar-refractivity contribution < 1.29 is 14.3 Å². The van der Waals surface area contributed by atoms with Crippen LogP contribution in [-0.4, -0.2) is 32.0 Å². The fourth-order valence-corrected chi connectivity index (χ4v) is 2.44. The second kappa shape index (κ2) is 7.57. The molecule has 0 unspecified atom stereocenters. The van der Waals surface area contributed by atoms with Crippen molar-refractivity contribution in [1.29, 1.82) is 0 Å². The molecule has 2 aromatic carbocycles. The number of ether oxygens (including phenoxy) is 2. The second-order valence-electron chi connectivity index (χ2n) is 5.09. The number of nitrogens with zero attached hydrogens (tertiary/aromatic N) is 1. The van der Waals surface area contributed by atoms with Gasteiger partial charge in [0.25, 0.3) is 5.91 Å². The van der Waals surface area contributed by atoms with Gasteiger partial charge in [0.2, 0.25) is 0 Å². The van der Waals surface area contributed by atoms with Crippen LogP contribution in [0.15, 0.2) is 36.4 Å². The molecule has 0 saturated carbocycles. The molecule has 6 heteroatoms. The zero-order valence-electron chi connectivity index (χ0n) is 13.1. The molecular formula is C17H17Cl2NO3. The molecule has 0 radical (unpaired) electrons. The van der Waals surface area contributed by atoms with E-state index in [2.05, 4.69) is 0 Å². The zero-order chi connectivity index (χ0) is 17.0. The first-order chi connectivity index (χ1) is 10.9. The van der Waals surface area contributed by atoms with E-state index in [-0.39, 0.29) is 12.5 Å². The largest absolute Gasteiger partial charge is 0.493 e. The Kier molecular flexibility index (Phi) is 5.74. The molecule has 2 rings (SSSR count). The third-order valence-electron chi connectivity index (χ3n) is 3.22. The SMILES string of the molecule is COc1cc(C(=O)N(C)C)ccc1OCc1ccc(Cl)cc1Cl. The fraction of sp³-hybridized carbons (Fsp3) is 0.235. The Morgan fingerprint density at radius 3 is 2.43 bits per heavy atom. The van der Waals surface area contributed by atoms with Gasteiger partial charge in [0.1, 0.15) is 6.61 Å². The molecule has 0 aliphatic heterocycles. The second-order valence-corrected chi connectivity index (χ2v) is 5.93. The summed E-state index contributed by atoms with van der Waals surface area (Å²) in [6.45, 7) is 0.271. The first-order valence-electron chi connectivity index (χ1n) is 6.88. The summed E-state index contributed by atoms with van der Waals surface area (Å²) in [5.74, 6) is 0.923. The van der Waals surface area contributed by atoms with Crippen molar-refractivity contribution in [1.82, 2.24) is 4.90 Å². The van der Waals surface area contributed by atoms with Crippen LogP contribution in [-0.2, 0) is 6.61 Å². The molecular weight excluding hydrogens is 337 g/mol. The van der Waals surface area contributed by atoms with Gasteiger partial charge in [-0.1, -0.05) is 29.3 Å². The Bertz CT molecular complexity index is 717. The van der Waals surface area contributed by atoms with Gasteiger partial charge in [-0.25, -0.2) is 0 Å². The zero-order valence-corrected chi connectivity index (χ0v) is 14.6. The van der Waals surface area contributed by atoms with Gasteiger partial charge in [-0.05, 0) is 30.3 Å². The van der Waals surface area contributed by atoms with E-state index in [1.165, 1.54) is 12.0 Å². The highest BCUT2D eigenvalue weighted by Gasteiger charge is 2.13. The molecule has 2 aromatic rings. The van der Waals surface area contributed by atoms with Crippen molar-refractivity contribution in [2.45, 2.75) is 6.61 Å². The number of halogens is 2. The third-order valence-corrected chi connectivity index (χ3v) is 3.80. The Labute approximate surface area is 145 Å². The average molecular weight is 354 g/mol. The summed E-state index contributed by atoms with van der Waals surface area (Å²) < 4.78 is 11.1. The van der Waals surface area contributed by atoms with Crippen LogP contribution < -0.4 is 9.47 Å². The number of hydrogen-bond donors (Lipinski definition) is 0. The molecule has 0 spiro atoms. The van der Waals surface area contributed by atoms with Crippen molar-refractivity contribution in [2.24, 2.45) is 0 Å². The molecule has 0 N–H and O–H groups in total. The minimum atomic E-state index is -0.101. The number of carbonyl (C=O) groups excluding carboxylic acids is 1. The summed E-state index contributed by atoms with van der Waals surface area (Å²) >= 11 is 12.0. The Hall–Kier alpha value is -1.91. The van der Waals surface area contributed by atoms with Crippen LogP contribution in [0.5, 0.6) is 11.5 Å². The lowest BCUT2D eigenvalue weighted by Gasteiger charge is -2.14. The van der Waals surface area contributed by atoms with Crippen molar-refractivity contribution in [3.8, 4) is 11.5 Å². The minimum Gasteiger partial charge on any atom is -0.493 e. The first kappa shape index (κ1) is 17.4. The number of carbonyl (C=O) groups is 1. The molecule has 0 aliphatic rings. The maximum Gasteiger partial charge on any atom is 0.253 e. The highest BCUT2D eigenvalue weighted by atomic mass is 35.5. The fourth-order valence-electron chi connectivity index (χ4n) is 1.97. The lowest BCUT2D eigenvalue weighted by atomic mass is 10.2. The van der Waals surface area contributed by atoms with Crippen LogP contribution in [0.2, 0.25) is 10.0 Å². The molecule has 0 heterocycles. The van der Waals surface area contributed by atoms with Gasteiger partial charge in [-0.3, -0.25) is 4.79 Å². The summed E-state index contributed by atoms with van der Waals surface area (Å²) in [6.07, 6.45) is 0. The maximum atomic E-state index is 12.0. The summed E-state index contributed by atoms with van der Waals surface area (Å²) in [7, 11) is 4.92. The monoisotopic (exact) mass is 353 g/mol. The Morgan fingerprint density at radius 2 is 1.83 bits per heavy atom. The van der Waals surface area contributed by atoms with Gasteiger partial charge < -0.3 is 14.4 Å². The maximum absolute atomic E-state index is 12.0. The van der Waals surface area contributed by atoms with E-state index in [0.717, 1.165) is 5.56 Å². The lowest BCUT2D eigenvalue weighted by molar-refractivity contribution is 0.0827. The van der Waals surface area contributed by atoms with Crippen LogP contribution in [0.1, 0.15) is 15.9 Å². The van der Waals surface area contributed by atoms with Crippen LogP contribution in [0.4, 0.5) is 0 Å². The van der Waals surface area contributed by atoms with Crippen molar-refractivity contribution in [3.05, 3.63) is 57.6 Å². The summed E-state index contributed by atoms with van der Waals surface area (Å²) in [5.41, 5.74) is 1.34. The van der Waals surface area contributed by atoms with Crippen LogP contribution in [0.3, 0.4) is 0 Å². The highest BCUT2D eigenvalue weighted by Crippen LogP contribution is 2.30. The lowest BCUT2D eigenvalue weighted by Crippen LogP contribution is -2.21. The molecule has 0 saturated heterocycles. The summed E-state index contributed by atoms with van der Waals surface area (Å²) in [5, 5.41) is 1.11. The van der Waals surface area contributed by atoms with E-state index >= 15 is 0 Å². The Balaban J connectivity index is 2.18. The van der Waals surface area contributed by atoms with E-state index in [9.17, 15) is 4.79 Å². The van der Waals surface area contributed by atoms with Gasteiger partial charge >= 0.3 is 0 Å². The molecule has 0 atom stereocenters. The predicted molar refractivity (Wildman–Crippen MR) is 91.8 cm³/mol. The predicted octanol–water partition coefficient (Wildman–Crippen LogP) is 4.28. The average Bonchev–Trinajstić information content (AvgIpc) is 2.53. The first-order valence-corrected chi connectivity index (χ1v) is 7.64. The van der Waals surface area contributed by atoms with E-state index in [1.807, 2.05) is 0 Å². The van der Waals surface area contributed by atoms with Gasteiger partial charge in [-0.15, -0.1) is 0 Å². The van der Waals surface area contributed by atoms with Gasteiger partial charge in [0.05, 0.1) is 7.11 Å². The van der Waals surface area contributed by atoms with Gasteiger partial charge in [0.15, 0.2) is 11.5 Å². The van der Waals surface area contributed by atoms with Crippen molar-refractivity contribution >= 4 is 29.1 Å². The molecule has 0 aromatic heterocycles. The van der Waals surface area contributed by atoms with Crippen LogP contribution in [0, 0.1) is 0 Å². The van der Waals surface area contributed by atoms with Crippen molar-refractivity contribution in [3.63, 3.8) is 0 Å². The normalized spacial score (nSPS) is 10.3. The third kappa shape index (κ3) is 4.30. The molecule has 23 heavy (non-hydrogen) atoms. The van der Waals surface area contributed by atoms with E-state index in [1.54, 1.807) is 50.5 Å². The molecule has 0 fully saturated rings.